The Labute approximate surface area is 176 Å². The van der Waals surface area contributed by atoms with Crippen LogP contribution in [0.5, 0.6) is 11.5 Å². The van der Waals surface area contributed by atoms with E-state index in [0.29, 0.717) is 27.1 Å². The van der Waals surface area contributed by atoms with Crippen LogP contribution >= 0.6 is 23.2 Å². The molecule has 1 aromatic heterocycles. The van der Waals surface area contributed by atoms with E-state index in [1.54, 1.807) is 42.5 Å². The maximum Gasteiger partial charge on any atom is 0.234 e. The summed E-state index contributed by atoms with van der Waals surface area (Å²) in [6.45, 7) is 2.64. The fourth-order valence-electron chi connectivity index (χ4n) is 2.34. The summed E-state index contributed by atoms with van der Waals surface area (Å²) in [4.78, 5) is 35.4. The van der Waals surface area contributed by atoms with Gasteiger partial charge in [0.2, 0.25) is 23.7 Å². The number of rotatable bonds is 5. The smallest absolute Gasteiger partial charge is 0.234 e. The largest absolute Gasteiger partial charge is 0.455 e. The maximum atomic E-state index is 11.4. The number of amides is 2. The fraction of sp³-hybridized carbons (Fsp3) is 0.105. The highest BCUT2D eigenvalue weighted by molar-refractivity contribution is 6.35. The van der Waals surface area contributed by atoms with Gasteiger partial charge in [0.15, 0.2) is 5.82 Å². The van der Waals surface area contributed by atoms with Crippen LogP contribution in [-0.2, 0) is 9.59 Å². The number of benzene rings is 2. The molecule has 29 heavy (non-hydrogen) atoms. The molecular formula is C19H15Cl2N5O3. The highest BCUT2D eigenvalue weighted by Gasteiger charge is 2.15. The van der Waals surface area contributed by atoms with Crippen molar-refractivity contribution in [2.45, 2.75) is 13.8 Å². The van der Waals surface area contributed by atoms with Crippen molar-refractivity contribution in [3.63, 3.8) is 0 Å². The highest BCUT2D eigenvalue weighted by Crippen LogP contribution is 2.36. The van der Waals surface area contributed by atoms with E-state index in [4.69, 9.17) is 27.9 Å². The lowest BCUT2D eigenvalue weighted by molar-refractivity contribution is -0.115. The normalized spacial score (nSPS) is 10.3. The van der Waals surface area contributed by atoms with Crippen LogP contribution in [0.1, 0.15) is 13.8 Å². The predicted molar refractivity (Wildman–Crippen MR) is 110 cm³/mol. The van der Waals surface area contributed by atoms with Crippen molar-refractivity contribution in [1.29, 1.82) is 0 Å². The zero-order valence-electron chi connectivity index (χ0n) is 15.4. The Bertz CT molecular complexity index is 1060. The third-order valence-corrected chi connectivity index (χ3v) is 3.98. The molecule has 0 aliphatic rings. The van der Waals surface area contributed by atoms with E-state index >= 15 is 0 Å². The number of carbonyl (C=O) groups excluding carboxylic acids is 2. The van der Waals surface area contributed by atoms with Gasteiger partial charge in [-0.05, 0) is 30.3 Å². The molecular weight excluding hydrogens is 417 g/mol. The van der Waals surface area contributed by atoms with E-state index in [1.807, 2.05) is 0 Å². The number of carbonyl (C=O) groups is 2. The molecule has 0 aliphatic heterocycles. The zero-order valence-corrected chi connectivity index (χ0v) is 16.9. The summed E-state index contributed by atoms with van der Waals surface area (Å²) < 4.78 is 5.93. The first-order chi connectivity index (χ1) is 13.8. The second-order valence-electron chi connectivity index (χ2n) is 5.84. The van der Waals surface area contributed by atoms with Crippen molar-refractivity contribution in [3.8, 4) is 22.9 Å². The summed E-state index contributed by atoms with van der Waals surface area (Å²) in [6, 6.07) is 11.8. The predicted octanol–water partition coefficient (Wildman–Crippen LogP) is 4.55. The Balaban J connectivity index is 2.05. The number of anilines is 2. The quantitative estimate of drug-likeness (QED) is 0.613. The van der Waals surface area contributed by atoms with Gasteiger partial charge in [0.25, 0.3) is 0 Å². The van der Waals surface area contributed by atoms with Crippen LogP contribution < -0.4 is 15.4 Å². The molecule has 0 fully saturated rings. The van der Waals surface area contributed by atoms with Crippen LogP contribution in [0.4, 0.5) is 11.9 Å². The molecule has 3 rings (SSSR count). The molecule has 10 heteroatoms. The van der Waals surface area contributed by atoms with Crippen LogP contribution in [0.2, 0.25) is 10.0 Å². The maximum absolute atomic E-state index is 11.4. The van der Waals surface area contributed by atoms with E-state index in [-0.39, 0.29) is 29.5 Å². The van der Waals surface area contributed by atoms with Gasteiger partial charge in [-0.3, -0.25) is 20.2 Å². The molecule has 0 saturated carbocycles. The van der Waals surface area contributed by atoms with Crippen LogP contribution in [0.25, 0.3) is 11.4 Å². The minimum atomic E-state index is -0.367. The first-order valence-electron chi connectivity index (χ1n) is 8.35. The number of halogens is 2. The van der Waals surface area contributed by atoms with Gasteiger partial charge in [-0.15, -0.1) is 0 Å². The third kappa shape index (κ3) is 5.40. The van der Waals surface area contributed by atoms with Gasteiger partial charge in [-0.2, -0.15) is 15.0 Å². The summed E-state index contributed by atoms with van der Waals surface area (Å²) in [5, 5.41) is 5.78. The Morgan fingerprint density at radius 3 is 2.07 bits per heavy atom. The van der Waals surface area contributed by atoms with Gasteiger partial charge in [0.1, 0.15) is 11.5 Å². The molecule has 0 atom stereocenters. The SMILES string of the molecule is CC(=O)Nc1nc(NC(C)=O)nc(-c2ccccc2Oc2ccc(Cl)cc2Cl)n1. The van der Waals surface area contributed by atoms with E-state index in [2.05, 4.69) is 25.6 Å². The van der Waals surface area contributed by atoms with Crippen molar-refractivity contribution in [2.75, 3.05) is 10.6 Å². The molecule has 0 spiro atoms. The number of para-hydroxylation sites is 1. The molecule has 2 N–H and O–H groups in total. The molecule has 0 saturated heterocycles. The summed E-state index contributed by atoms with van der Waals surface area (Å²) >= 11 is 12.1. The van der Waals surface area contributed by atoms with Crippen LogP contribution in [0, 0.1) is 0 Å². The van der Waals surface area contributed by atoms with E-state index < -0.39 is 0 Å². The van der Waals surface area contributed by atoms with Gasteiger partial charge in [-0.25, -0.2) is 0 Å². The lowest BCUT2D eigenvalue weighted by atomic mass is 10.2. The average Bonchev–Trinajstić information content (AvgIpc) is 2.63. The van der Waals surface area contributed by atoms with Gasteiger partial charge in [0, 0.05) is 18.9 Å². The molecule has 0 radical (unpaired) electrons. The van der Waals surface area contributed by atoms with Crippen molar-refractivity contribution < 1.29 is 14.3 Å². The van der Waals surface area contributed by atoms with Crippen molar-refractivity contribution in [1.82, 2.24) is 15.0 Å². The minimum Gasteiger partial charge on any atom is -0.455 e. The first kappa shape index (κ1) is 20.5. The molecule has 148 valence electrons. The number of ether oxygens (including phenoxy) is 1. The first-order valence-corrected chi connectivity index (χ1v) is 9.11. The van der Waals surface area contributed by atoms with E-state index in [1.165, 1.54) is 13.8 Å². The lowest BCUT2D eigenvalue weighted by Gasteiger charge is -2.13. The van der Waals surface area contributed by atoms with Crippen LogP contribution in [0.15, 0.2) is 42.5 Å². The Morgan fingerprint density at radius 1 is 0.862 bits per heavy atom. The van der Waals surface area contributed by atoms with E-state index in [9.17, 15) is 9.59 Å². The number of hydrogen-bond donors (Lipinski definition) is 2. The average molecular weight is 432 g/mol. The number of aromatic nitrogens is 3. The Morgan fingerprint density at radius 2 is 1.48 bits per heavy atom. The zero-order chi connectivity index (χ0) is 21.0. The molecule has 2 aromatic carbocycles. The Kier molecular flexibility index (Phi) is 6.26. The summed E-state index contributed by atoms with van der Waals surface area (Å²) in [5.41, 5.74) is 0.499. The Hall–Kier alpha value is -3.23. The number of hydrogen-bond acceptors (Lipinski definition) is 6. The van der Waals surface area contributed by atoms with Gasteiger partial charge in [-0.1, -0.05) is 35.3 Å². The van der Waals surface area contributed by atoms with Crippen molar-refractivity contribution in [3.05, 3.63) is 52.5 Å². The van der Waals surface area contributed by atoms with E-state index in [0.717, 1.165) is 0 Å². The lowest BCUT2D eigenvalue weighted by Crippen LogP contribution is -2.15. The monoisotopic (exact) mass is 431 g/mol. The molecule has 0 aliphatic carbocycles. The molecule has 3 aromatic rings. The number of nitrogens with zero attached hydrogens (tertiary/aromatic N) is 3. The van der Waals surface area contributed by atoms with Crippen molar-refractivity contribution >= 4 is 46.9 Å². The molecule has 8 nitrogen and oxygen atoms in total. The topological polar surface area (TPSA) is 106 Å². The van der Waals surface area contributed by atoms with Crippen LogP contribution in [0.3, 0.4) is 0 Å². The van der Waals surface area contributed by atoms with Gasteiger partial charge < -0.3 is 4.74 Å². The van der Waals surface area contributed by atoms with Crippen LogP contribution in [-0.4, -0.2) is 26.8 Å². The molecule has 2 amide bonds. The van der Waals surface area contributed by atoms with Gasteiger partial charge >= 0.3 is 0 Å². The highest BCUT2D eigenvalue weighted by atomic mass is 35.5. The minimum absolute atomic E-state index is 0.00872. The summed E-state index contributed by atoms with van der Waals surface area (Å²) in [7, 11) is 0. The second kappa shape index (κ2) is 8.85. The molecule has 0 unspecified atom stereocenters. The third-order valence-electron chi connectivity index (χ3n) is 3.45. The second-order valence-corrected chi connectivity index (χ2v) is 6.69. The molecule has 1 heterocycles. The fourth-order valence-corrected chi connectivity index (χ4v) is 2.79. The van der Waals surface area contributed by atoms with Crippen molar-refractivity contribution in [2.24, 2.45) is 0 Å². The standard InChI is InChI=1S/C19H15Cl2N5O3/c1-10(27)22-18-24-17(25-19(26-18)23-11(2)28)13-5-3-4-6-15(13)29-16-8-7-12(20)9-14(16)21/h3-9H,1-2H3,(H2,22,23,24,25,26,27,28). The molecule has 0 bridgehead atoms. The number of nitrogens with one attached hydrogen (secondary N) is 2. The summed E-state index contributed by atoms with van der Waals surface area (Å²) in [5.74, 6) is 0.235. The van der Waals surface area contributed by atoms with Gasteiger partial charge in [0.05, 0.1) is 10.6 Å². The summed E-state index contributed by atoms with van der Waals surface area (Å²) in [6.07, 6.45) is 0.